The molecule has 0 aromatic heterocycles. The third-order valence-corrected chi connectivity index (χ3v) is 5.33. The molecule has 0 saturated heterocycles. The molecule has 0 aliphatic carbocycles. The number of phenols is 1. The van der Waals surface area contributed by atoms with Gasteiger partial charge in [-0.05, 0) is 55.9 Å². The maximum atomic E-state index is 12.5. The van der Waals surface area contributed by atoms with Gasteiger partial charge in [0.2, 0.25) is 0 Å². The lowest BCUT2D eigenvalue weighted by Gasteiger charge is -2.17. The summed E-state index contributed by atoms with van der Waals surface area (Å²) in [6.07, 6.45) is 1.50. The lowest BCUT2D eigenvalue weighted by Crippen LogP contribution is -2.21. The number of phenolic OH excluding ortho intramolecular Hbond substituents is 1. The molecule has 0 fully saturated rings. The fraction of sp³-hybridized carbons (Fsp3) is 0.231. The topological polar surface area (TPSA) is 62.1 Å². The van der Waals surface area contributed by atoms with Crippen LogP contribution in [0.2, 0.25) is 5.02 Å². The average Bonchev–Trinajstić information content (AvgIpc) is 2.79. The molecule has 3 rings (SSSR count). The van der Waals surface area contributed by atoms with Crippen LogP contribution in [0.4, 0.5) is 5.69 Å². The summed E-state index contributed by atoms with van der Waals surface area (Å²) in [7, 11) is 0. The standard InChI is InChI=1S/C26H27ClN2O3/c1-4-29(5-2)17-19-9-11-23(12-10-19)28-16-21-14-22(27)15-24(25(21)30)32-26(31)20-8-6-7-18(3)13-20/h6-16,30H,4-5,17H2,1-3H3. The summed E-state index contributed by atoms with van der Waals surface area (Å²) in [6, 6.07) is 17.9. The van der Waals surface area contributed by atoms with Crippen LogP contribution >= 0.6 is 11.6 Å². The smallest absolute Gasteiger partial charge is 0.343 e. The van der Waals surface area contributed by atoms with E-state index in [-0.39, 0.29) is 11.5 Å². The van der Waals surface area contributed by atoms with Gasteiger partial charge in [-0.15, -0.1) is 0 Å². The second-order valence-corrected chi connectivity index (χ2v) is 7.92. The van der Waals surface area contributed by atoms with Crippen molar-refractivity contribution in [2.24, 2.45) is 4.99 Å². The monoisotopic (exact) mass is 450 g/mol. The molecule has 0 bridgehead atoms. The molecule has 166 valence electrons. The molecule has 0 saturated carbocycles. The first-order valence-electron chi connectivity index (χ1n) is 10.6. The number of halogens is 1. The Morgan fingerprint density at radius 3 is 2.47 bits per heavy atom. The van der Waals surface area contributed by atoms with E-state index in [1.165, 1.54) is 17.8 Å². The fourth-order valence-corrected chi connectivity index (χ4v) is 3.46. The first-order valence-corrected chi connectivity index (χ1v) is 10.9. The van der Waals surface area contributed by atoms with Crippen molar-refractivity contribution in [1.29, 1.82) is 0 Å². The van der Waals surface area contributed by atoms with Crippen LogP contribution in [-0.4, -0.2) is 35.3 Å². The lowest BCUT2D eigenvalue weighted by atomic mass is 10.1. The summed E-state index contributed by atoms with van der Waals surface area (Å²) in [6.45, 7) is 9.07. The second-order valence-electron chi connectivity index (χ2n) is 7.49. The Balaban J connectivity index is 1.76. The first-order chi connectivity index (χ1) is 15.4. The summed E-state index contributed by atoms with van der Waals surface area (Å²) in [5.41, 5.74) is 3.64. The Bertz CT molecular complexity index is 1110. The van der Waals surface area contributed by atoms with Crippen molar-refractivity contribution in [1.82, 2.24) is 4.90 Å². The zero-order chi connectivity index (χ0) is 23.1. The van der Waals surface area contributed by atoms with Gasteiger partial charge in [-0.25, -0.2) is 4.79 Å². The Hall–Kier alpha value is -3.15. The van der Waals surface area contributed by atoms with Gasteiger partial charge in [0.15, 0.2) is 11.5 Å². The Labute approximate surface area is 193 Å². The minimum Gasteiger partial charge on any atom is -0.504 e. The number of ether oxygens (including phenoxy) is 1. The van der Waals surface area contributed by atoms with Gasteiger partial charge in [0.05, 0.1) is 11.3 Å². The summed E-state index contributed by atoms with van der Waals surface area (Å²) < 4.78 is 5.39. The molecule has 3 aromatic carbocycles. The Kier molecular flexibility index (Phi) is 8.03. The Morgan fingerprint density at radius 2 is 1.81 bits per heavy atom. The van der Waals surface area contributed by atoms with Crippen LogP contribution in [0.25, 0.3) is 0 Å². The van der Waals surface area contributed by atoms with Crippen LogP contribution in [0, 0.1) is 6.92 Å². The molecule has 0 spiro atoms. The number of nitrogens with zero attached hydrogens (tertiary/aromatic N) is 2. The largest absolute Gasteiger partial charge is 0.504 e. The van der Waals surface area contributed by atoms with Gasteiger partial charge < -0.3 is 9.84 Å². The van der Waals surface area contributed by atoms with E-state index in [4.69, 9.17) is 16.3 Å². The SMILES string of the molecule is CCN(CC)Cc1ccc(N=Cc2cc(Cl)cc(OC(=O)c3cccc(C)c3)c2O)cc1. The van der Waals surface area contributed by atoms with Crippen LogP contribution in [0.15, 0.2) is 65.7 Å². The molecule has 6 heteroatoms. The maximum absolute atomic E-state index is 12.5. The van der Waals surface area contributed by atoms with Gasteiger partial charge in [0, 0.05) is 29.4 Å². The number of aromatic hydroxyl groups is 1. The molecular weight excluding hydrogens is 424 g/mol. The van der Waals surface area contributed by atoms with E-state index in [1.54, 1.807) is 24.3 Å². The van der Waals surface area contributed by atoms with Crippen LogP contribution < -0.4 is 4.74 Å². The van der Waals surface area contributed by atoms with Crippen molar-refractivity contribution < 1.29 is 14.6 Å². The minimum absolute atomic E-state index is 0.0139. The third-order valence-electron chi connectivity index (χ3n) is 5.12. The van der Waals surface area contributed by atoms with E-state index in [2.05, 4.69) is 23.7 Å². The molecule has 1 N–H and O–H groups in total. The lowest BCUT2D eigenvalue weighted by molar-refractivity contribution is 0.0729. The van der Waals surface area contributed by atoms with Gasteiger partial charge in [0.25, 0.3) is 0 Å². The van der Waals surface area contributed by atoms with Crippen LogP contribution in [0.3, 0.4) is 0 Å². The van der Waals surface area contributed by atoms with Gasteiger partial charge in [-0.1, -0.05) is 55.3 Å². The van der Waals surface area contributed by atoms with E-state index in [0.29, 0.717) is 16.1 Å². The van der Waals surface area contributed by atoms with Crippen molar-refractivity contribution >= 4 is 29.5 Å². The number of hydrogen-bond acceptors (Lipinski definition) is 5. The molecule has 0 unspecified atom stereocenters. The highest BCUT2D eigenvalue weighted by Crippen LogP contribution is 2.33. The highest BCUT2D eigenvalue weighted by molar-refractivity contribution is 6.31. The van der Waals surface area contributed by atoms with Crippen LogP contribution in [0.1, 0.15) is 40.9 Å². The summed E-state index contributed by atoms with van der Waals surface area (Å²) in [5.74, 6) is -0.782. The van der Waals surface area contributed by atoms with Crippen molar-refractivity contribution in [2.45, 2.75) is 27.3 Å². The van der Waals surface area contributed by atoms with E-state index in [0.717, 1.165) is 30.9 Å². The number of aliphatic imine (C=N–C) groups is 1. The van der Waals surface area contributed by atoms with Gasteiger partial charge in [-0.3, -0.25) is 9.89 Å². The molecule has 0 aliphatic heterocycles. The summed E-state index contributed by atoms with van der Waals surface area (Å²) >= 11 is 6.19. The van der Waals surface area contributed by atoms with Crippen molar-refractivity contribution in [3.8, 4) is 11.5 Å². The number of aryl methyl sites for hydroxylation is 1. The molecule has 0 atom stereocenters. The molecule has 0 aliphatic rings. The highest BCUT2D eigenvalue weighted by Gasteiger charge is 2.15. The highest BCUT2D eigenvalue weighted by atomic mass is 35.5. The van der Waals surface area contributed by atoms with Crippen molar-refractivity contribution in [3.05, 3.63) is 87.9 Å². The van der Waals surface area contributed by atoms with E-state index in [1.807, 2.05) is 37.3 Å². The van der Waals surface area contributed by atoms with Crippen molar-refractivity contribution in [2.75, 3.05) is 13.1 Å². The first kappa shape index (κ1) is 23.5. The second kappa shape index (κ2) is 10.9. The Morgan fingerprint density at radius 1 is 1.09 bits per heavy atom. The van der Waals surface area contributed by atoms with Gasteiger partial charge >= 0.3 is 5.97 Å². The number of rotatable bonds is 8. The third kappa shape index (κ3) is 6.19. The van der Waals surface area contributed by atoms with Crippen LogP contribution in [-0.2, 0) is 6.54 Å². The fourth-order valence-electron chi connectivity index (χ4n) is 3.24. The molecule has 0 amide bonds. The molecule has 0 heterocycles. The molecule has 5 nitrogen and oxygen atoms in total. The van der Waals surface area contributed by atoms with Crippen LogP contribution in [0.5, 0.6) is 11.5 Å². The van der Waals surface area contributed by atoms with Crippen molar-refractivity contribution in [3.63, 3.8) is 0 Å². The number of carbonyl (C=O) groups is 1. The van der Waals surface area contributed by atoms with Gasteiger partial charge in [0.1, 0.15) is 0 Å². The van der Waals surface area contributed by atoms with E-state index in [9.17, 15) is 9.90 Å². The van der Waals surface area contributed by atoms with E-state index >= 15 is 0 Å². The minimum atomic E-state index is -0.571. The zero-order valence-electron chi connectivity index (χ0n) is 18.5. The van der Waals surface area contributed by atoms with Gasteiger partial charge in [-0.2, -0.15) is 0 Å². The summed E-state index contributed by atoms with van der Waals surface area (Å²) in [5, 5.41) is 10.9. The number of carbonyl (C=O) groups excluding carboxylic acids is 1. The molecule has 32 heavy (non-hydrogen) atoms. The zero-order valence-corrected chi connectivity index (χ0v) is 19.3. The molecular formula is C26H27ClN2O3. The summed E-state index contributed by atoms with van der Waals surface area (Å²) in [4.78, 5) is 19.2. The van der Waals surface area contributed by atoms with E-state index < -0.39 is 5.97 Å². The normalized spacial score (nSPS) is 11.3. The molecule has 3 aromatic rings. The average molecular weight is 451 g/mol. The predicted molar refractivity (Wildman–Crippen MR) is 130 cm³/mol. The number of esters is 1. The number of benzene rings is 3. The maximum Gasteiger partial charge on any atom is 0.343 e. The molecule has 0 radical (unpaired) electrons. The quantitative estimate of drug-likeness (QED) is 0.253. The number of hydrogen-bond donors (Lipinski definition) is 1. The predicted octanol–water partition coefficient (Wildman–Crippen LogP) is 6.17.